The summed E-state index contributed by atoms with van der Waals surface area (Å²) in [5.41, 5.74) is 1.21. The van der Waals surface area contributed by atoms with Crippen LogP contribution in [0.3, 0.4) is 0 Å². The van der Waals surface area contributed by atoms with E-state index in [-0.39, 0.29) is 18.8 Å². The van der Waals surface area contributed by atoms with Gasteiger partial charge in [0, 0.05) is 16.0 Å². The van der Waals surface area contributed by atoms with Crippen molar-refractivity contribution >= 4 is 34.3 Å². The van der Waals surface area contributed by atoms with Crippen molar-refractivity contribution in [2.45, 2.75) is 6.42 Å². The lowest BCUT2D eigenvalue weighted by atomic mass is 10.1. The predicted molar refractivity (Wildman–Crippen MR) is 93.2 cm³/mol. The Bertz CT molecular complexity index is 895. The molecule has 0 aliphatic carbocycles. The highest BCUT2D eigenvalue weighted by Crippen LogP contribution is 2.23. The minimum atomic E-state index is -0.551. The first-order valence-electron chi connectivity index (χ1n) is 7.56. The summed E-state index contributed by atoms with van der Waals surface area (Å²) in [6.07, 6.45) is -0.0445. The fourth-order valence-electron chi connectivity index (χ4n) is 2.43. The zero-order chi connectivity index (χ0) is 17.8. The van der Waals surface area contributed by atoms with Crippen LogP contribution in [-0.2, 0) is 16.0 Å². The lowest BCUT2D eigenvalue weighted by Gasteiger charge is -2.08. The van der Waals surface area contributed by atoms with Crippen LogP contribution in [0, 0.1) is 0 Å². The topological polar surface area (TPSA) is 65.7 Å². The number of rotatable bonds is 6. The van der Waals surface area contributed by atoms with Crippen molar-refractivity contribution in [3.8, 4) is 5.75 Å². The van der Waals surface area contributed by atoms with E-state index in [9.17, 15) is 9.59 Å². The van der Waals surface area contributed by atoms with E-state index >= 15 is 0 Å². The standard InChI is InChI=1S/C19H15ClO5/c1-23-16-7-6-14(20)8-13(16)10-19(22)24-11-15(21)18-9-12-4-2-3-5-17(12)25-18/h2-9H,10-11H2,1H3. The van der Waals surface area contributed by atoms with Gasteiger partial charge in [0.15, 0.2) is 12.4 Å². The Morgan fingerprint density at radius 3 is 2.68 bits per heavy atom. The first kappa shape index (κ1) is 17.0. The number of ether oxygens (including phenoxy) is 2. The van der Waals surface area contributed by atoms with Crippen LogP contribution in [0.4, 0.5) is 0 Å². The molecule has 0 N–H and O–H groups in total. The summed E-state index contributed by atoms with van der Waals surface area (Å²) in [6.45, 7) is -0.387. The van der Waals surface area contributed by atoms with Crippen molar-refractivity contribution in [1.29, 1.82) is 0 Å². The van der Waals surface area contributed by atoms with Gasteiger partial charge in [-0.1, -0.05) is 29.8 Å². The van der Waals surface area contributed by atoms with Gasteiger partial charge in [0.25, 0.3) is 0 Å². The van der Waals surface area contributed by atoms with E-state index in [2.05, 4.69) is 0 Å². The maximum Gasteiger partial charge on any atom is 0.310 e. The van der Waals surface area contributed by atoms with Gasteiger partial charge in [-0.05, 0) is 30.3 Å². The average molecular weight is 359 g/mol. The highest BCUT2D eigenvalue weighted by atomic mass is 35.5. The molecule has 0 saturated carbocycles. The number of furan rings is 1. The van der Waals surface area contributed by atoms with Gasteiger partial charge in [0.05, 0.1) is 13.5 Å². The van der Waals surface area contributed by atoms with Gasteiger partial charge in [-0.2, -0.15) is 0 Å². The third-order valence-corrected chi connectivity index (χ3v) is 3.88. The molecule has 0 fully saturated rings. The van der Waals surface area contributed by atoms with Gasteiger partial charge in [-0.3, -0.25) is 9.59 Å². The molecule has 6 heteroatoms. The van der Waals surface area contributed by atoms with Crippen LogP contribution in [0.25, 0.3) is 11.0 Å². The average Bonchev–Trinajstić information content (AvgIpc) is 3.04. The Balaban J connectivity index is 1.62. The first-order valence-corrected chi connectivity index (χ1v) is 7.94. The number of hydrogen-bond donors (Lipinski definition) is 0. The molecule has 1 aromatic heterocycles. The number of carbonyl (C=O) groups is 2. The molecular weight excluding hydrogens is 344 g/mol. The van der Waals surface area contributed by atoms with E-state index in [0.717, 1.165) is 5.39 Å². The number of para-hydroxylation sites is 1. The van der Waals surface area contributed by atoms with Gasteiger partial charge < -0.3 is 13.9 Å². The summed E-state index contributed by atoms with van der Waals surface area (Å²) in [4.78, 5) is 24.1. The van der Waals surface area contributed by atoms with Crippen molar-refractivity contribution < 1.29 is 23.5 Å². The molecule has 0 bridgehead atoms. The molecule has 0 spiro atoms. The van der Waals surface area contributed by atoms with Crippen LogP contribution < -0.4 is 4.74 Å². The van der Waals surface area contributed by atoms with Crippen molar-refractivity contribution in [3.05, 3.63) is 64.9 Å². The van der Waals surface area contributed by atoms with Crippen molar-refractivity contribution in [3.63, 3.8) is 0 Å². The third-order valence-electron chi connectivity index (χ3n) is 3.64. The first-order chi connectivity index (χ1) is 12.1. The van der Waals surface area contributed by atoms with Crippen LogP contribution in [0.1, 0.15) is 16.1 Å². The molecule has 0 saturated heterocycles. The zero-order valence-electron chi connectivity index (χ0n) is 13.5. The lowest BCUT2D eigenvalue weighted by molar-refractivity contribution is -0.141. The van der Waals surface area contributed by atoms with Crippen molar-refractivity contribution in [2.75, 3.05) is 13.7 Å². The van der Waals surface area contributed by atoms with Gasteiger partial charge in [-0.15, -0.1) is 0 Å². The summed E-state index contributed by atoms with van der Waals surface area (Å²) >= 11 is 5.93. The van der Waals surface area contributed by atoms with E-state index in [1.54, 1.807) is 30.3 Å². The van der Waals surface area contributed by atoms with Gasteiger partial charge in [0.1, 0.15) is 11.3 Å². The van der Waals surface area contributed by atoms with Gasteiger partial charge in [0.2, 0.25) is 5.78 Å². The number of fused-ring (bicyclic) bond motifs is 1. The molecule has 0 amide bonds. The molecule has 5 nitrogen and oxygen atoms in total. The minimum absolute atomic E-state index is 0.0445. The molecular formula is C19H15ClO5. The van der Waals surface area contributed by atoms with E-state index in [1.165, 1.54) is 7.11 Å². The Hall–Kier alpha value is -2.79. The number of benzene rings is 2. The zero-order valence-corrected chi connectivity index (χ0v) is 14.2. The molecule has 0 atom stereocenters. The summed E-state index contributed by atoms with van der Waals surface area (Å²) < 4.78 is 15.7. The van der Waals surface area contributed by atoms with E-state index in [0.29, 0.717) is 21.9 Å². The predicted octanol–water partition coefficient (Wildman–Crippen LogP) is 4.06. The Kier molecular flexibility index (Phi) is 5.05. The maximum atomic E-state index is 12.1. The number of carbonyl (C=O) groups excluding carboxylic acids is 2. The normalized spacial score (nSPS) is 10.6. The molecule has 2 aromatic carbocycles. The quantitative estimate of drug-likeness (QED) is 0.491. The Morgan fingerprint density at radius 2 is 1.92 bits per heavy atom. The number of hydrogen-bond acceptors (Lipinski definition) is 5. The molecule has 25 heavy (non-hydrogen) atoms. The van der Waals surface area contributed by atoms with Crippen LogP contribution in [0.15, 0.2) is 52.9 Å². The number of methoxy groups -OCH3 is 1. The van der Waals surface area contributed by atoms with Crippen LogP contribution in [0.2, 0.25) is 5.02 Å². The summed E-state index contributed by atoms with van der Waals surface area (Å²) in [6, 6.07) is 13.9. The van der Waals surface area contributed by atoms with Crippen LogP contribution in [0.5, 0.6) is 5.75 Å². The fraction of sp³-hybridized carbons (Fsp3) is 0.158. The van der Waals surface area contributed by atoms with Gasteiger partial charge in [-0.25, -0.2) is 0 Å². The molecule has 0 aliphatic rings. The highest BCUT2D eigenvalue weighted by molar-refractivity contribution is 6.30. The van der Waals surface area contributed by atoms with Crippen molar-refractivity contribution in [2.24, 2.45) is 0 Å². The SMILES string of the molecule is COc1ccc(Cl)cc1CC(=O)OCC(=O)c1cc2ccccc2o1. The summed E-state index contributed by atoms with van der Waals surface area (Å²) in [7, 11) is 1.50. The number of halogens is 1. The fourth-order valence-corrected chi connectivity index (χ4v) is 2.62. The van der Waals surface area contributed by atoms with Crippen LogP contribution >= 0.6 is 11.6 Å². The van der Waals surface area contributed by atoms with E-state index in [4.69, 9.17) is 25.5 Å². The number of esters is 1. The highest BCUT2D eigenvalue weighted by Gasteiger charge is 2.16. The smallest absolute Gasteiger partial charge is 0.310 e. The van der Waals surface area contributed by atoms with Crippen molar-refractivity contribution in [1.82, 2.24) is 0 Å². The van der Waals surface area contributed by atoms with Gasteiger partial charge >= 0.3 is 5.97 Å². The number of ketones is 1. The Labute approximate surface area is 149 Å². The molecule has 0 radical (unpaired) electrons. The summed E-state index contributed by atoms with van der Waals surface area (Å²) in [5.74, 6) is -0.257. The molecule has 3 aromatic rings. The second-order valence-corrected chi connectivity index (χ2v) is 5.80. The lowest BCUT2D eigenvalue weighted by Crippen LogP contribution is -2.15. The minimum Gasteiger partial charge on any atom is -0.496 e. The molecule has 0 aliphatic heterocycles. The second kappa shape index (κ2) is 7.40. The molecule has 0 unspecified atom stereocenters. The maximum absolute atomic E-state index is 12.1. The Morgan fingerprint density at radius 1 is 1.12 bits per heavy atom. The number of Topliss-reactive ketones (excluding diaryl/α,β-unsaturated/α-hetero) is 1. The summed E-state index contributed by atoms with van der Waals surface area (Å²) in [5, 5.41) is 1.31. The van der Waals surface area contributed by atoms with E-state index in [1.807, 2.05) is 18.2 Å². The molecule has 3 rings (SSSR count). The second-order valence-electron chi connectivity index (χ2n) is 5.37. The van der Waals surface area contributed by atoms with Crippen LogP contribution in [-0.4, -0.2) is 25.5 Å². The molecule has 128 valence electrons. The third kappa shape index (κ3) is 4.00. The van der Waals surface area contributed by atoms with E-state index < -0.39 is 11.8 Å². The molecule has 1 heterocycles. The largest absolute Gasteiger partial charge is 0.496 e. The monoisotopic (exact) mass is 358 g/mol.